The molecule has 0 saturated heterocycles. The molecule has 2 aliphatic rings. The van der Waals surface area contributed by atoms with E-state index in [-0.39, 0.29) is 0 Å². The lowest BCUT2D eigenvalue weighted by Crippen LogP contribution is -2.22. The van der Waals surface area contributed by atoms with Gasteiger partial charge in [-0.2, -0.15) is 0 Å². The number of fused-ring (bicyclic) bond motifs is 1. The molecule has 0 saturated carbocycles. The van der Waals surface area contributed by atoms with Crippen molar-refractivity contribution in [2.45, 2.75) is 19.4 Å². The molecule has 1 heteroatoms. The van der Waals surface area contributed by atoms with Crippen LogP contribution in [0.4, 0.5) is 0 Å². The Morgan fingerprint density at radius 3 is 3.22 bits per heavy atom. The molecular formula is C8H11N. The molecule has 0 spiro atoms. The normalized spacial score (nSPS) is 31.9. The van der Waals surface area contributed by atoms with Gasteiger partial charge in [0.25, 0.3) is 0 Å². The predicted molar refractivity (Wildman–Crippen MR) is 38.2 cm³/mol. The molecule has 1 aliphatic heterocycles. The maximum atomic E-state index is 3.43. The molecule has 1 aliphatic carbocycles. The van der Waals surface area contributed by atoms with Crippen LogP contribution < -0.4 is 5.32 Å². The first-order chi connectivity index (χ1) is 4.38. The lowest BCUT2D eigenvalue weighted by atomic mass is 9.99. The summed E-state index contributed by atoms with van der Waals surface area (Å²) in [6.07, 6.45) is 5.69. The predicted octanol–water partition coefficient (Wildman–Crippen LogP) is 1.23. The first-order valence-electron chi connectivity index (χ1n) is 3.47. The lowest BCUT2D eigenvalue weighted by Gasteiger charge is -2.10. The van der Waals surface area contributed by atoms with Gasteiger partial charge in [0, 0.05) is 12.6 Å². The molecule has 0 aromatic rings. The molecule has 48 valence electrons. The topological polar surface area (TPSA) is 12.0 Å². The van der Waals surface area contributed by atoms with Crippen LogP contribution in [-0.4, -0.2) is 12.6 Å². The largest absolute Gasteiger partial charge is 0.306 e. The minimum atomic E-state index is 0.671. The van der Waals surface area contributed by atoms with Crippen molar-refractivity contribution in [3.63, 3.8) is 0 Å². The van der Waals surface area contributed by atoms with Gasteiger partial charge in [0.2, 0.25) is 0 Å². The first kappa shape index (κ1) is 5.24. The van der Waals surface area contributed by atoms with Gasteiger partial charge in [-0.05, 0) is 18.9 Å². The summed E-state index contributed by atoms with van der Waals surface area (Å²) in [6.45, 7) is 3.32. The van der Waals surface area contributed by atoms with Crippen LogP contribution >= 0.6 is 0 Å². The molecule has 0 fully saturated rings. The fourth-order valence-corrected chi connectivity index (χ4v) is 1.55. The Morgan fingerprint density at radius 1 is 1.67 bits per heavy atom. The Hall–Kier alpha value is -0.560. The van der Waals surface area contributed by atoms with Crippen LogP contribution in [0.3, 0.4) is 0 Å². The van der Waals surface area contributed by atoms with E-state index in [1.807, 2.05) is 0 Å². The Morgan fingerprint density at radius 2 is 2.56 bits per heavy atom. The smallest absolute Gasteiger partial charge is 0.0320 e. The monoisotopic (exact) mass is 121 g/mol. The van der Waals surface area contributed by atoms with Crippen molar-refractivity contribution < 1.29 is 0 Å². The lowest BCUT2D eigenvalue weighted by molar-refractivity contribution is 0.656. The van der Waals surface area contributed by atoms with Gasteiger partial charge in [-0.25, -0.2) is 0 Å². The molecule has 0 radical (unpaired) electrons. The van der Waals surface area contributed by atoms with Crippen LogP contribution in [0.1, 0.15) is 13.3 Å². The second-order valence-electron chi connectivity index (χ2n) is 2.78. The third-order valence-corrected chi connectivity index (χ3v) is 2.26. The van der Waals surface area contributed by atoms with E-state index in [2.05, 4.69) is 24.4 Å². The molecule has 0 amide bonds. The molecule has 1 heterocycles. The molecule has 2 bridgehead atoms. The summed E-state index contributed by atoms with van der Waals surface area (Å²) in [7, 11) is 0. The van der Waals surface area contributed by atoms with E-state index in [1.54, 1.807) is 5.57 Å². The zero-order chi connectivity index (χ0) is 6.27. The minimum absolute atomic E-state index is 0.671. The van der Waals surface area contributed by atoms with Gasteiger partial charge in [-0.1, -0.05) is 17.7 Å². The molecule has 1 atom stereocenters. The molecule has 2 rings (SSSR count). The number of rotatable bonds is 0. The standard InChI is InChI=1S/C8H11N/c1-6-7-3-2-4-8(6)9-5-7/h2-3,8-9H,4-5H2,1H3/t8-/m0/s1. The van der Waals surface area contributed by atoms with E-state index in [9.17, 15) is 0 Å². The fraction of sp³-hybridized carbons (Fsp3) is 0.500. The highest BCUT2D eigenvalue weighted by Crippen LogP contribution is 2.23. The molecule has 0 aromatic heterocycles. The number of nitrogens with one attached hydrogen (secondary N) is 1. The van der Waals surface area contributed by atoms with E-state index in [1.165, 1.54) is 12.0 Å². The van der Waals surface area contributed by atoms with E-state index in [0.29, 0.717) is 6.04 Å². The fourth-order valence-electron chi connectivity index (χ4n) is 1.55. The molecular weight excluding hydrogens is 110 g/mol. The molecule has 1 nitrogen and oxygen atoms in total. The van der Waals surface area contributed by atoms with Gasteiger partial charge >= 0.3 is 0 Å². The highest BCUT2D eigenvalue weighted by molar-refractivity contribution is 5.37. The third-order valence-electron chi connectivity index (χ3n) is 2.26. The summed E-state index contributed by atoms with van der Waals surface area (Å²) in [5, 5.41) is 3.43. The highest BCUT2D eigenvalue weighted by Gasteiger charge is 2.21. The maximum Gasteiger partial charge on any atom is 0.0320 e. The van der Waals surface area contributed by atoms with Gasteiger partial charge in [-0.3, -0.25) is 0 Å². The second kappa shape index (κ2) is 1.71. The van der Waals surface area contributed by atoms with Crippen LogP contribution in [0.5, 0.6) is 0 Å². The molecule has 9 heavy (non-hydrogen) atoms. The van der Waals surface area contributed by atoms with Crippen molar-refractivity contribution >= 4 is 0 Å². The van der Waals surface area contributed by atoms with Gasteiger partial charge < -0.3 is 5.32 Å². The van der Waals surface area contributed by atoms with Crippen molar-refractivity contribution in [2.75, 3.05) is 6.54 Å². The summed E-state index contributed by atoms with van der Waals surface area (Å²) in [4.78, 5) is 0. The van der Waals surface area contributed by atoms with Gasteiger partial charge in [0.15, 0.2) is 0 Å². The van der Waals surface area contributed by atoms with Crippen LogP contribution in [0.2, 0.25) is 0 Å². The summed E-state index contributed by atoms with van der Waals surface area (Å²) in [5.41, 5.74) is 3.06. The van der Waals surface area contributed by atoms with Crippen LogP contribution in [0, 0.1) is 0 Å². The van der Waals surface area contributed by atoms with Crippen molar-refractivity contribution in [1.82, 2.24) is 5.32 Å². The molecule has 1 N–H and O–H groups in total. The van der Waals surface area contributed by atoms with E-state index in [4.69, 9.17) is 0 Å². The van der Waals surface area contributed by atoms with Crippen molar-refractivity contribution in [1.29, 1.82) is 0 Å². The zero-order valence-corrected chi connectivity index (χ0v) is 5.65. The van der Waals surface area contributed by atoms with Crippen LogP contribution in [-0.2, 0) is 0 Å². The van der Waals surface area contributed by atoms with E-state index < -0.39 is 0 Å². The SMILES string of the molecule is CC1=C2C=CC[C@@H]1NC2. The zero-order valence-electron chi connectivity index (χ0n) is 5.65. The Kier molecular flexibility index (Phi) is 0.995. The number of hydrogen-bond donors (Lipinski definition) is 1. The first-order valence-corrected chi connectivity index (χ1v) is 3.47. The van der Waals surface area contributed by atoms with Gasteiger partial charge in [0.05, 0.1) is 0 Å². The Balaban J connectivity index is 2.39. The van der Waals surface area contributed by atoms with Crippen LogP contribution in [0.25, 0.3) is 0 Å². The average molecular weight is 121 g/mol. The van der Waals surface area contributed by atoms with Crippen molar-refractivity contribution in [3.8, 4) is 0 Å². The van der Waals surface area contributed by atoms with Gasteiger partial charge in [0.1, 0.15) is 0 Å². The minimum Gasteiger partial charge on any atom is -0.306 e. The second-order valence-corrected chi connectivity index (χ2v) is 2.78. The molecule has 0 aromatic carbocycles. The maximum absolute atomic E-state index is 3.43. The highest BCUT2D eigenvalue weighted by atomic mass is 14.9. The Labute approximate surface area is 55.5 Å². The third kappa shape index (κ3) is 0.648. The van der Waals surface area contributed by atoms with Crippen molar-refractivity contribution in [3.05, 3.63) is 23.3 Å². The number of hydrogen-bond acceptors (Lipinski definition) is 1. The summed E-state index contributed by atoms with van der Waals surface area (Å²) in [6, 6.07) is 0.671. The summed E-state index contributed by atoms with van der Waals surface area (Å²) >= 11 is 0. The summed E-state index contributed by atoms with van der Waals surface area (Å²) in [5.74, 6) is 0. The quantitative estimate of drug-likeness (QED) is 0.508. The van der Waals surface area contributed by atoms with E-state index >= 15 is 0 Å². The van der Waals surface area contributed by atoms with E-state index in [0.717, 1.165) is 6.54 Å². The molecule has 0 unspecified atom stereocenters. The average Bonchev–Trinajstić information content (AvgIpc) is 2.19. The van der Waals surface area contributed by atoms with Crippen LogP contribution in [0.15, 0.2) is 23.3 Å². The Bertz CT molecular complexity index is 189. The van der Waals surface area contributed by atoms with Crippen molar-refractivity contribution in [2.24, 2.45) is 0 Å². The summed E-state index contributed by atoms with van der Waals surface area (Å²) < 4.78 is 0. The van der Waals surface area contributed by atoms with Gasteiger partial charge in [-0.15, -0.1) is 0 Å².